The van der Waals surface area contributed by atoms with Crippen LogP contribution in [0.25, 0.3) is 21.4 Å². The summed E-state index contributed by atoms with van der Waals surface area (Å²) in [6.45, 7) is 0. The van der Waals surface area contributed by atoms with Gasteiger partial charge in [0.25, 0.3) is 0 Å². The van der Waals surface area contributed by atoms with Gasteiger partial charge in [0.2, 0.25) is 0 Å². The number of nitrogens with one attached hydrogen (secondary N) is 1. The van der Waals surface area contributed by atoms with E-state index in [0.29, 0.717) is 5.52 Å². The van der Waals surface area contributed by atoms with E-state index in [1.165, 1.54) is 23.5 Å². The number of anilines is 1. The second-order valence-electron chi connectivity index (χ2n) is 6.66. The lowest BCUT2D eigenvalue weighted by molar-refractivity contribution is 0.280. The number of benzene rings is 1. The summed E-state index contributed by atoms with van der Waals surface area (Å²) in [5.41, 5.74) is 2.22. The number of halogens is 1. The van der Waals surface area contributed by atoms with Crippen LogP contribution in [-0.2, 0) is 7.05 Å². The molecule has 4 aromatic rings. The van der Waals surface area contributed by atoms with Crippen molar-refractivity contribution in [2.75, 3.05) is 5.32 Å². The highest BCUT2D eigenvalue weighted by Gasteiger charge is 2.34. The van der Waals surface area contributed by atoms with Crippen molar-refractivity contribution in [2.45, 2.75) is 24.9 Å². The Labute approximate surface area is 151 Å². The molecule has 1 aromatic carbocycles. The Morgan fingerprint density at radius 3 is 3.00 bits per heavy atom. The number of fused-ring (bicyclic) bond motifs is 2. The van der Waals surface area contributed by atoms with Crippen molar-refractivity contribution in [3.8, 4) is 0 Å². The normalized spacial score (nSPS) is 19.8. The van der Waals surface area contributed by atoms with Gasteiger partial charge >= 0.3 is 5.69 Å². The molecule has 1 aliphatic carbocycles. The Morgan fingerprint density at radius 2 is 2.15 bits per heavy atom. The van der Waals surface area contributed by atoms with Crippen molar-refractivity contribution < 1.29 is 4.39 Å². The summed E-state index contributed by atoms with van der Waals surface area (Å²) in [6, 6.07) is 8.77. The predicted molar refractivity (Wildman–Crippen MR) is 100 cm³/mol. The molecule has 0 radical (unpaired) electrons. The number of hydrogen-bond donors (Lipinski definition) is 1. The van der Waals surface area contributed by atoms with Crippen molar-refractivity contribution in [1.29, 1.82) is 0 Å². The van der Waals surface area contributed by atoms with E-state index in [9.17, 15) is 9.18 Å². The molecule has 132 valence electrons. The molecule has 1 saturated carbocycles. The van der Waals surface area contributed by atoms with Crippen LogP contribution in [0.5, 0.6) is 0 Å². The summed E-state index contributed by atoms with van der Waals surface area (Å²) < 4.78 is 17.7. The quantitative estimate of drug-likeness (QED) is 0.602. The summed E-state index contributed by atoms with van der Waals surface area (Å²) in [6.07, 6.45) is 3.38. The molecule has 0 amide bonds. The molecule has 6 nitrogen and oxygen atoms in total. The molecule has 0 unspecified atom stereocenters. The highest BCUT2D eigenvalue weighted by molar-refractivity contribution is 7.22. The predicted octanol–water partition coefficient (Wildman–Crippen LogP) is 3.30. The van der Waals surface area contributed by atoms with Gasteiger partial charge in [-0.1, -0.05) is 11.3 Å². The van der Waals surface area contributed by atoms with Crippen LogP contribution >= 0.6 is 11.3 Å². The number of aryl methyl sites for hydroxylation is 1. The van der Waals surface area contributed by atoms with E-state index >= 15 is 0 Å². The Bertz CT molecular complexity index is 1190. The van der Waals surface area contributed by atoms with E-state index in [1.54, 1.807) is 28.4 Å². The number of hydrogen-bond acceptors (Lipinski definition) is 5. The Morgan fingerprint density at radius 1 is 1.31 bits per heavy atom. The number of nitrogens with zero attached hydrogens (tertiary/aromatic N) is 4. The fraction of sp³-hybridized carbons (Fsp3) is 0.278. The highest BCUT2D eigenvalue weighted by Crippen LogP contribution is 2.36. The first kappa shape index (κ1) is 15.5. The Hall–Kier alpha value is -2.74. The lowest BCUT2D eigenvalue weighted by Gasteiger charge is -2.36. The van der Waals surface area contributed by atoms with E-state index in [-0.39, 0.29) is 23.6 Å². The van der Waals surface area contributed by atoms with Crippen LogP contribution in [0, 0.1) is 5.82 Å². The Balaban J connectivity index is 1.36. The third kappa shape index (κ3) is 2.33. The van der Waals surface area contributed by atoms with Crippen LogP contribution in [0.2, 0.25) is 0 Å². The van der Waals surface area contributed by atoms with Crippen LogP contribution < -0.4 is 11.0 Å². The molecule has 0 bridgehead atoms. The fourth-order valence-electron chi connectivity index (χ4n) is 3.57. The molecule has 5 rings (SSSR count). The highest BCUT2D eigenvalue weighted by atomic mass is 32.1. The number of aromatic nitrogens is 4. The minimum atomic E-state index is -0.277. The first-order chi connectivity index (χ1) is 12.6. The average Bonchev–Trinajstić information content (AvgIpc) is 3.10. The molecule has 0 spiro atoms. The van der Waals surface area contributed by atoms with Gasteiger partial charge in [0.1, 0.15) is 5.82 Å². The van der Waals surface area contributed by atoms with Crippen LogP contribution in [0.3, 0.4) is 0 Å². The number of thiazole rings is 1. The SMILES string of the molecule is Cn1c(=O)n(C2CC(Nc3nc4cc(F)ccc4s3)C2)c2ncccc21. The van der Waals surface area contributed by atoms with E-state index in [4.69, 9.17) is 0 Å². The van der Waals surface area contributed by atoms with Crippen LogP contribution in [0.1, 0.15) is 18.9 Å². The zero-order chi connectivity index (χ0) is 17.8. The second-order valence-corrected chi connectivity index (χ2v) is 7.69. The van der Waals surface area contributed by atoms with Crippen molar-refractivity contribution in [1.82, 2.24) is 19.1 Å². The molecule has 3 aromatic heterocycles. The summed E-state index contributed by atoms with van der Waals surface area (Å²) in [5.74, 6) is -0.277. The minimum absolute atomic E-state index is 0.0300. The number of pyridine rings is 1. The summed E-state index contributed by atoms with van der Waals surface area (Å²) in [4.78, 5) is 21.4. The molecule has 3 heterocycles. The maximum atomic E-state index is 13.3. The average molecular weight is 369 g/mol. The zero-order valence-corrected chi connectivity index (χ0v) is 14.8. The second kappa shape index (κ2) is 5.63. The van der Waals surface area contributed by atoms with Crippen LogP contribution in [0.15, 0.2) is 41.3 Å². The van der Waals surface area contributed by atoms with Gasteiger partial charge in [0, 0.05) is 31.4 Å². The van der Waals surface area contributed by atoms with E-state index in [2.05, 4.69) is 15.3 Å². The largest absolute Gasteiger partial charge is 0.359 e. The van der Waals surface area contributed by atoms with Gasteiger partial charge in [-0.25, -0.2) is 19.2 Å². The number of rotatable bonds is 3. The third-order valence-electron chi connectivity index (χ3n) is 5.00. The third-order valence-corrected chi connectivity index (χ3v) is 5.97. The summed E-state index contributed by atoms with van der Waals surface area (Å²) in [5, 5.41) is 4.19. The zero-order valence-electron chi connectivity index (χ0n) is 14.0. The lowest BCUT2D eigenvalue weighted by atomic mass is 9.86. The molecular formula is C18H16FN5OS. The van der Waals surface area contributed by atoms with Gasteiger partial charge in [-0.2, -0.15) is 0 Å². The monoisotopic (exact) mass is 369 g/mol. The molecule has 1 aliphatic rings. The lowest BCUT2D eigenvalue weighted by Crippen LogP contribution is -2.40. The smallest absolute Gasteiger partial charge is 0.330 e. The molecule has 0 aliphatic heterocycles. The molecule has 0 atom stereocenters. The Kier molecular flexibility index (Phi) is 3.36. The molecule has 26 heavy (non-hydrogen) atoms. The molecule has 1 fully saturated rings. The van der Waals surface area contributed by atoms with Gasteiger partial charge in [-0.15, -0.1) is 0 Å². The molecular weight excluding hydrogens is 353 g/mol. The van der Waals surface area contributed by atoms with E-state index < -0.39 is 0 Å². The number of imidazole rings is 1. The topological polar surface area (TPSA) is 64.7 Å². The van der Waals surface area contributed by atoms with Crippen molar-refractivity contribution >= 4 is 37.8 Å². The minimum Gasteiger partial charge on any atom is -0.359 e. The molecule has 1 N–H and O–H groups in total. The first-order valence-corrected chi connectivity index (χ1v) is 9.26. The first-order valence-electron chi connectivity index (χ1n) is 8.45. The van der Waals surface area contributed by atoms with Gasteiger partial charge in [0.05, 0.1) is 15.7 Å². The van der Waals surface area contributed by atoms with Crippen molar-refractivity contribution in [3.05, 3.63) is 52.8 Å². The van der Waals surface area contributed by atoms with Gasteiger partial charge in [0.15, 0.2) is 10.8 Å². The summed E-state index contributed by atoms with van der Waals surface area (Å²) in [7, 11) is 1.78. The van der Waals surface area contributed by atoms with Gasteiger partial charge < -0.3 is 5.32 Å². The molecule has 8 heteroatoms. The van der Waals surface area contributed by atoms with Gasteiger partial charge in [-0.05, 0) is 37.1 Å². The van der Waals surface area contributed by atoms with Crippen molar-refractivity contribution in [2.24, 2.45) is 7.05 Å². The van der Waals surface area contributed by atoms with Gasteiger partial charge in [-0.3, -0.25) is 9.13 Å². The van der Waals surface area contributed by atoms with Crippen molar-refractivity contribution in [3.63, 3.8) is 0 Å². The maximum Gasteiger partial charge on any atom is 0.330 e. The van der Waals surface area contributed by atoms with E-state index in [0.717, 1.165) is 33.8 Å². The fourth-order valence-corrected chi connectivity index (χ4v) is 4.50. The van der Waals surface area contributed by atoms with Crippen LogP contribution in [0.4, 0.5) is 9.52 Å². The maximum absolute atomic E-state index is 13.3. The summed E-state index contributed by atoms with van der Waals surface area (Å²) >= 11 is 1.52. The van der Waals surface area contributed by atoms with E-state index in [1.807, 2.05) is 12.1 Å². The van der Waals surface area contributed by atoms with Crippen LogP contribution in [-0.4, -0.2) is 25.1 Å². The molecule has 0 saturated heterocycles. The standard InChI is InChI=1S/C18H16FN5OS/c1-23-14-3-2-6-20-16(14)24(18(23)25)12-8-11(9-12)21-17-22-13-7-10(19)4-5-15(13)26-17/h2-7,11-12H,8-9H2,1H3,(H,21,22).